The SMILES string of the molecule is CCCCc1ccccc1C(=O)Nc1cccc(-c2cc(Nc3ccc(C(=O)N4CCOCC4)cc3)c(=O)n(C)n2)c1C. The van der Waals surface area contributed by atoms with Gasteiger partial charge in [0.15, 0.2) is 0 Å². The first-order valence-electron chi connectivity index (χ1n) is 14.7. The highest BCUT2D eigenvalue weighted by Crippen LogP contribution is 2.29. The van der Waals surface area contributed by atoms with Crippen LogP contribution in [0.25, 0.3) is 11.3 Å². The number of hydrogen-bond donors (Lipinski definition) is 2. The van der Waals surface area contributed by atoms with Gasteiger partial charge in [-0.1, -0.05) is 43.7 Å². The molecular weight excluding hydrogens is 542 g/mol. The minimum absolute atomic E-state index is 0.0381. The molecule has 9 heteroatoms. The lowest BCUT2D eigenvalue weighted by Crippen LogP contribution is -2.40. The van der Waals surface area contributed by atoms with Crippen LogP contribution in [0, 0.1) is 6.92 Å². The molecule has 9 nitrogen and oxygen atoms in total. The van der Waals surface area contributed by atoms with Crippen LogP contribution in [0.5, 0.6) is 0 Å². The second-order valence-corrected chi connectivity index (χ2v) is 10.7. The summed E-state index contributed by atoms with van der Waals surface area (Å²) in [5, 5.41) is 10.8. The predicted molar refractivity (Wildman–Crippen MR) is 169 cm³/mol. The van der Waals surface area contributed by atoms with Crippen molar-refractivity contribution in [2.45, 2.75) is 33.1 Å². The molecule has 1 fully saturated rings. The molecule has 1 aliphatic rings. The Morgan fingerprint density at radius 2 is 1.70 bits per heavy atom. The summed E-state index contributed by atoms with van der Waals surface area (Å²) >= 11 is 0. The zero-order chi connectivity index (χ0) is 30.3. The third kappa shape index (κ3) is 6.84. The maximum absolute atomic E-state index is 13.3. The normalized spacial score (nSPS) is 13.0. The van der Waals surface area contributed by atoms with Crippen molar-refractivity contribution in [2.24, 2.45) is 7.05 Å². The van der Waals surface area contributed by atoms with Crippen LogP contribution in [0.15, 0.2) is 77.6 Å². The monoisotopic (exact) mass is 579 g/mol. The van der Waals surface area contributed by atoms with Gasteiger partial charge in [0.1, 0.15) is 5.69 Å². The van der Waals surface area contributed by atoms with Crippen molar-refractivity contribution in [1.82, 2.24) is 14.7 Å². The fourth-order valence-electron chi connectivity index (χ4n) is 5.20. The van der Waals surface area contributed by atoms with Crippen molar-refractivity contribution in [2.75, 3.05) is 36.9 Å². The van der Waals surface area contributed by atoms with E-state index in [2.05, 4.69) is 22.7 Å². The fourth-order valence-corrected chi connectivity index (χ4v) is 5.20. The van der Waals surface area contributed by atoms with Crippen LogP contribution in [-0.4, -0.2) is 52.8 Å². The van der Waals surface area contributed by atoms with Gasteiger partial charge < -0.3 is 20.3 Å². The highest BCUT2D eigenvalue weighted by molar-refractivity contribution is 6.06. The first-order valence-corrected chi connectivity index (χ1v) is 14.7. The summed E-state index contributed by atoms with van der Waals surface area (Å²) in [7, 11) is 1.61. The minimum Gasteiger partial charge on any atom is -0.378 e. The summed E-state index contributed by atoms with van der Waals surface area (Å²) in [5.74, 6) is -0.192. The van der Waals surface area contributed by atoms with E-state index in [1.54, 1.807) is 42.3 Å². The van der Waals surface area contributed by atoms with E-state index in [-0.39, 0.29) is 17.4 Å². The maximum atomic E-state index is 13.3. The van der Waals surface area contributed by atoms with Crippen LogP contribution < -0.4 is 16.2 Å². The van der Waals surface area contributed by atoms with Gasteiger partial charge in [0.2, 0.25) is 0 Å². The van der Waals surface area contributed by atoms with Gasteiger partial charge >= 0.3 is 0 Å². The van der Waals surface area contributed by atoms with Gasteiger partial charge in [-0.15, -0.1) is 0 Å². The molecule has 2 heterocycles. The molecule has 0 saturated carbocycles. The van der Waals surface area contributed by atoms with E-state index in [1.807, 2.05) is 49.4 Å². The number of aryl methyl sites for hydroxylation is 2. The molecule has 43 heavy (non-hydrogen) atoms. The average Bonchev–Trinajstić information content (AvgIpc) is 3.03. The van der Waals surface area contributed by atoms with Crippen LogP contribution in [-0.2, 0) is 18.2 Å². The Morgan fingerprint density at radius 3 is 2.44 bits per heavy atom. The largest absolute Gasteiger partial charge is 0.378 e. The van der Waals surface area contributed by atoms with Crippen LogP contribution in [0.1, 0.15) is 51.6 Å². The van der Waals surface area contributed by atoms with E-state index >= 15 is 0 Å². The molecular formula is C34H37N5O4. The Labute approximate surface area is 251 Å². The zero-order valence-corrected chi connectivity index (χ0v) is 24.9. The number of amides is 2. The quantitative estimate of drug-likeness (QED) is 0.269. The molecule has 1 saturated heterocycles. The summed E-state index contributed by atoms with van der Waals surface area (Å²) in [5.41, 5.74) is 5.91. The van der Waals surface area contributed by atoms with Gasteiger partial charge in [0, 0.05) is 48.2 Å². The summed E-state index contributed by atoms with van der Waals surface area (Å²) in [6, 6.07) is 22.1. The predicted octanol–water partition coefficient (Wildman–Crippen LogP) is 5.57. The lowest BCUT2D eigenvalue weighted by molar-refractivity contribution is 0.0303. The number of carbonyl (C=O) groups is 2. The zero-order valence-electron chi connectivity index (χ0n) is 24.9. The van der Waals surface area contributed by atoms with Crippen LogP contribution in [0.3, 0.4) is 0 Å². The van der Waals surface area contributed by atoms with E-state index in [0.29, 0.717) is 60.2 Å². The van der Waals surface area contributed by atoms with Gasteiger partial charge in [-0.05, 0) is 73.4 Å². The number of carbonyl (C=O) groups excluding carboxylic acids is 2. The molecule has 3 aromatic carbocycles. The minimum atomic E-state index is -0.289. The molecule has 4 aromatic rings. The third-order valence-electron chi connectivity index (χ3n) is 7.69. The van der Waals surface area contributed by atoms with Gasteiger partial charge in [0.05, 0.1) is 18.9 Å². The number of morpholine rings is 1. The molecule has 1 aliphatic heterocycles. The average molecular weight is 580 g/mol. The number of unbranched alkanes of at least 4 members (excludes halogenated alkanes) is 1. The summed E-state index contributed by atoms with van der Waals surface area (Å²) in [6.45, 7) is 6.30. The van der Waals surface area contributed by atoms with Crippen LogP contribution in [0.2, 0.25) is 0 Å². The highest BCUT2D eigenvalue weighted by Gasteiger charge is 2.19. The molecule has 0 bridgehead atoms. The van der Waals surface area contributed by atoms with Crippen molar-refractivity contribution < 1.29 is 14.3 Å². The lowest BCUT2D eigenvalue weighted by atomic mass is 10.0. The molecule has 1 aromatic heterocycles. The molecule has 0 unspecified atom stereocenters. The van der Waals surface area contributed by atoms with Gasteiger partial charge in [0.25, 0.3) is 17.4 Å². The molecule has 2 amide bonds. The Kier molecular flexibility index (Phi) is 9.32. The number of nitrogens with zero attached hydrogens (tertiary/aromatic N) is 3. The summed E-state index contributed by atoms with van der Waals surface area (Å²) in [6.07, 6.45) is 2.93. The van der Waals surface area contributed by atoms with E-state index in [9.17, 15) is 14.4 Å². The Bertz CT molecular complexity index is 1670. The van der Waals surface area contributed by atoms with E-state index in [1.165, 1.54) is 4.68 Å². The number of hydrogen-bond acceptors (Lipinski definition) is 6. The van der Waals surface area contributed by atoms with Gasteiger partial charge in [-0.3, -0.25) is 14.4 Å². The lowest BCUT2D eigenvalue weighted by Gasteiger charge is -2.26. The molecule has 0 spiro atoms. The van der Waals surface area contributed by atoms with Crippen LogP contribution >= 0.6 is 0 Å². The number of nitrogens with one attached hydrogen (secondary N) is 2. The third-order valence-corrected chi connectivity index (χ3v) is 7.69. The first kappa shape index (κ1) is 29.7. The second-order valence-electron chi connectivity index (χ2n) is 10.7. The number of rotatable bonds is 9. The number of benzene rings is 3. The number of ether oxygens (including phenoxy) is 1. The first-order chi connectivity index (χ1) is 20.9. The number of anilines is 3. The van der Waals surface area contributed by atoms with Crippen molar-refractivity contribution in [1.29, 1.82) is 0 Å². The fraction of sp³-hybridized carbons (Fsp3) is 0.294. The Morgan fingerprint density at radius 1 is 0.953 bits per heavy atom. The summed E-state index contributed by atoms with van der Waals surface area (Å²) < 4.78 is 6.63. The van der Waals surface area contributed by atoms with E-state index in [0.717, 1.165) is 36.0 Å². The van der Waals surface area contributed by atoms with Crippen molar-refractivity contribution >= 4 is 28.9 Å². The Balaban J connectivity index is 1.37. The maximum Gasteiger partial charge on any atom is 0.290 e. The smallest absolute Gasteiger partial charge is 0.290 e. The Hall–Kier alpha value is -4.76. The summed E-state index contributed by atoms with van der Waals surface area (Å²) in [4.78, 5) is 40.9. The molecule has 0 atom stereocenters. The second kappa shape index (κ2) is 13.5. The number of aromatic nitrogens is 2. The molecule has 222 valence electrons. The molecule has 0 radical (unpaired) electrons. The topological polar surface area (TPSA) is 106 Å². The van der Waals surface area contributed by atoms with Crippen molar-refractivity contribution in [3.05, 3.63) is 105 Å². The molecule has 5 rings (SSSR count). The molecule has 2 N–H and O–H groups in total. The van der Waals surface area contributed by atoms with Gasteiger partial charge in [-0.2, -0.15) is 5.10 Å². The molecule has 0 aliphatic carbocycles. The van der Waals surface area contributed by atoms with E-state index in [4.69, 9.17) is 4.74 Å². The highest BCUT2D eigenvalue weighted by atomic mass is 16.5. The van der Waals surface area contributed by atoms with Crippen molar-refractivity contribution in [3.8, 4) is 11.3 Å². The standard InChI is InChI=1S/C34H37N5O4/c1-4-5-9-24-10-6-7-11-28(24)32(40)36-29-13-8-12-27(23(29)2)30-22-31(34(42)38(3)37-30)35-26-16-14-25(15-17-26)33(41)39-18-20-43-21-19-39/h6-8,10-17,22,35H,4-5,9,18-21H2,1-3H3,(H,36,40). The van der Waals surface area contributed by atoms with Crippen molar-refractivity contribution in [3.63, 3.8) is 0 Å². The van der Waals surface area contributed by atoms with E-state index < -0.39 is 0 Å². The van der Waals surface area contributed by atoms with Gasteiger partial charge in [-0.25, -0.2) is 4.68 Å². The van der Waals surface area contributed by atoms with Crippen LogP contribution in [0.4, 0.5) is 17.1 Å².